The molecule has 0 rings (SSSR count). The number of hydrogen-bond donors (Lipinski definition) is 1. The second-order valence-corrected chi connectivity index (χ2v) is 3.94. The SMILES string of the molecule is CCOC(=O)COCCNCCCSC. The molecule has 0 radical (unpaired) electrons. The van der Waals surface area contributed by atoms with Gasteiger partial charge in [0.25, 0.3) is 0 Å². The van der Waals surface area contributed by atoms with E-state index in [9.17, 15) is 4.79 Å². The molecule has 0 aliphatic carbocycles. The molecule has 5 heteroatoms. The predicted molar refractivity (Wildman–Crippen MR) is 63.3 cm³/mol. The molecule has 0 aromatic carbocycles. The molecular weight excluding hydrogens is 214 g/mol. The summed E-state index contributed by atoms with van der Waals surface area (Å²) in [5.41, 5.74) is 0. The summed E-state index contributed by atoms with van der Waals surface area (Å²) >= 11 is 1.85. The van der Waals surface area contributed by atoms with Crippen molar-refractivity contribution in [3.8, 4) is 0 Å². The standard InChI is InChI=1S/C10H21NO3S/c1-3-14-10(12)9-13-7-6-11-5-4-8-15-2/h11H,3-9H2,1-2H3. The summed E-state index contributed by atoms with van der Waals surface area (Å²) in [4.78, 5) is 10.8. The molecule has 0 saturated carbocycles. The van der Waals surface area contributed by atoms with Crippen LogP contribution in [-0.4, -0.2) is 50.9 Å². The number of thioether (sulfide) groups is 1. The summed E-state index contributed by atoms with van der Waals surface area (Å²) in [6.07, 6.45) is 3.27. The van der Waals surface area contributed by atoms with E-state index in [0.29, 0.717) is 13.2 Å². The monoisotopic (exact) mass is 235 g/mol. The summed E-state index contributed by atoms with van der Waals surface area (Å²) < 4.78 is 9.83. The molecule has 0 aliphatic rings. The van der Waals surface area contributed by atoms with Gasteiger partial charge in [0, 0.05) is 6.54 Å². The fourth-order valence-electron chi connectivity index (χ4n) is 0.969. The Morgan fingerprint density at radius 3 is 2.87 bits per heavy atom. The molecule has 0 heterocycles. The summed E-state index contributed by atoms with van der Waals surface area (Å²) in [7, 11) is 0. The maximum absolute atomic E-state index is 10.8. The molecule has 90 valence electrons. The molecule has 0 unspecified atom stereocenters. The van der Waals surface area contributed by atoms with Crippen LogP contribution in [0.15, 0.2) is 0 Å². The minimum absolute atomic E-state index is 0.0559. The van der Waals surface area contributed by atoms with Gasteiger partial charge in [-0.25, -0.2) is 4.79 Å². The van der Waals surface area contributed by atoms with Crippen LogP contribution in [-0.2, 0) is 14.3 Å². The molecular formula is C10H21NO3S. The lowest BCUT2D eigenvalue weighted by Crippen LogP contribution is -2.23. The second-order valence-electron chi connectivity index (χ2n) is 2.95. The Morgan fingerprint density at radius 1 is 1.40 bits per heavy atom. The van der Waals surface area contributed by atoms with E-state index in [1.165, 1.54) is 12.2 Å². The highest BCUT2D eigenvalue weighted by atomic mass is 32.2. The second kappa shape index (κ2) is 11.8. The maximum Gasteiger partial charge on any atom is 0.332 e. The Hall–Kier alpha value is -0.260. The smallest absolute Gasteiger partial charge is 0.332 e. The Labute approximate surface area is 96.1 Å². The van der Waals surface area contributed by atoms with E-state index in [-0.39, 0.29) is 12.6 Å². The number of hydrogen-bond acceptors (Lipinski definition) is 5. The molecule has 0 amide bonds. The van der Waals surface area contributed by atoms with Crippen molar-refractivity contribution in [2.75, 3.05) is 44.9 Å². The highest BCUT2D eigenvalue weighted by Gasteiger charge is 1.99. The van der Waals surface area contributed by atoms with Crippen LogP contribution in [0.5, 0.6) is 0 Å². The molecule has 0 aliphatic heterocycles. The zero-order chi connectivity index (χ0) is 11.4. The van der Waals surface area contributed by atoms with Gasteiger partial charge in [-0.2, -0.15) is 11.8 Å². The number of esters is 1. The van der Waals surface area contributed by atoms with Crippen molar-refractivity contribution in [1.82, 2.24) is 5.32 Å². The summed E-state index contributed by atoms with van der Waals surface area (Å²) in [6, 6.07) is 0. The van der Waals surface area contributed by atoms with Gasteiger partial charge in [0.15, 0.2) is 0 Å². The molecule has 1 N–H and O–H groups in total. The molecule has 4 nitrogen and oxygen atoms in total. The highest BCUT2D eigenvalue weighted by molar-refractivity contribution is 7.98. The number of carbonyl (C=O) groups excluding carboxylic acids is 1. The Balaban J connectivity index is 3.01. The third-order valence-corrected chi connectivity index (χ3v) is 2.35. The Kier molecular flexibility index (Phi) is 11.6. The normalized spacial score (nSPS) is 10.3. The van der Waals surface area contributed by atoms with Gasteiger partial charge in [0.2, 0.25) is 0 Å². The minimum Gasteiger partial charge on any atom is -0.464 e. The molecule has 0 spiro atoms. The van der Waals surface area contributed by atoms with Crippen LogP contribution in [0.1, 0.15) is 13.3 Å². The third-order valence-electron chi connectivity index (χ3n) is 1.65. The first-order chi connectivity index (χ1) is 7.31. The summed E-state index contributed by atoms with van der Waals surface area (Å²) in [5, 5.41) is 3.24. The van der Waals surface area contributed by atoms with Crippen molar-refractivity contribution < 1.29 is 14.3 Å². The number of rotatable bonds is 10. The molecule has 15 heavy (non-hydrogen) atoms. The van der Waals surface area contributed by atoms with E-state index in [0.717, 1.165) is 13.1 Å². The number of carbonyl (C=O) groups is 1. The van der Waals surface area contributed by atoms with E-state index in [2.05, 4.69) is 11.6 Å². The number of ether oxygens (including phenoxy) is 2. The largest absolute Gasteiger partial charge is 0.464 e. The van der Waals surface area contributed by atoms with Crippen molar-refractivity contribution in [2.24, 2.45) is 0 Å². The molecule has 0 aromatic heterocycles. The minimum atomic E-state index is -0.292. The zero-order valence-electron chi connectivity index (χ0n) is 9.58. The van der Waals surface area contributed by atoms with E-state index in [4.69, 9.17) is 9.47 Å². The topological polar surface area (TPSA) is 47.6 Å². The van der Waals surface area contributed by atoms with Crippen LogP contribution in [0.3, 0.4) is 0 Å². The lowest BCUT2D eigenvalue weighted by molar-refractivity contribution is -0.148. The quantitative estimate of drug-likeness (QED) is 0.450. The van der Waals surface area contributed by atoms with Gasteiger partial charge in [0.1, 0.15) is 6.61 Å². The van der Waals surface area contributed by atoms with Crippen LogP contribution < -0.4 is 5.32 Å². The van der Waals surface area contributed by atoms with Crippen LogP contribution >= 0.6 is 11.8 Å². The van der Waals surface area contributed by atoms with E-state index >= 15 is 0 Å². The van der Waals surface area contributed by atoms with Crippen LogP contribution in [0, 0.1) is 0 Å². The van der Waals surface area contributed by atoms with Crippen molar-refractivity contribution in [1.29, 1.82) is 0 Å². The lowest BCUT2D eigenvalue weighted by atomic mass is 10.5. The third kappa shape index (κ3) is 11.7. The Bertz CT molecular complexity index is 156. The van der Waals surface area contributed by atoms with Gasteiger partial charge < -0.3 is 14.8 Å². The number of nitrogens with one attached hydrogen (secondary N) is 1. The first kappa shape index (κ1) is 14.7. The fraction of sp³-hybridized carbons (Fsp3) is 0.900. The molecule has 0 atom stereocenters. The molecule has 0 fully saturated rings. The van der Waals surface area contributed by atoms with Gasteiger partial charge in [-0.1, -0.05) is 0 Å². The van der Waals surface area contributed by atoms with Crippen LogP contribution in [0.2, 0.25) is 0 Å². The van der Waals surface area contributed by atoms with Crippen molar-refractivity contribution >= 4 is 17.7 Å². The summed E-state index contributed by atoms with van der Waals surface area (Å²) in [6.45, 7) is 4.59. The van der Waals surface area contributed by atoms with Crippen molar-refractivity contribution in [2.45, 2.75) is 13.3 Å². The van der Waals surface area contributed by atoms with Crippen molar-refractivity contribution in [3.05, 3.63) is 0 Å². The van der Waals surface area contributed by atoms with Crippen LogP contribution in [0.4, 0.5) is 0 Å². The molecule has 0 saturated heterocycles. The van der Waals surface area contributed by atoms with Gasteiger partial charge in [-0.05, 0) is 31.9 Å². The van der Waals surface area contributed by atoms with E-state index in [1.54, 1.807) is 6.92 Å². The van der Waals surface area contributed by atoms with Crippen LogP contribution in [0.25, 0.3) is 0 Å². The van der Waals surface area contributed by atoms with E-state index < -0.39 is 0 Å². The molecule has 0 bridgehead atoms. The zero-order valence-corrected chi connectivity index (χ0v) is 10.4. The Morgan fingerprint density at radius 2 is 2.20 bits per heavy atom. The van der Waals surface area contributed by atoms with Gasteiger partial charge in [-0.3, -0.25) is 0 Å². The first-order valence-corrected chi connectivity index (χ1v) is 6.63. The average molecular weight is 235 g/mol. The van der Waals surface area contributed by atoms with Gasteiger partial charge in [-0.15, -0.1) is 0 Å². The molecule has 0 aromatic rings. The predicted octanol–water partition coefficient (Wildman–Crippen LogP) is 0.909. The summed E-state index contributed by atoms with van der Waals surface area (Å²) in [5.74, 6) is 0.885. The average Bonchev–Trinajstić information content (AvgIpc) is 2.22. The fourth-order valence-corrected chi connectivity index (χ4v) is 1.40. The van der Waals surface area contributed by atoms with Crippen molar-refractivity contribution in [3.63, 3.8) is 0 Å². The van der Waals surface area contributed by atoms with Gasteiger partial charge >= 0.3 is 5.97 Å². The maximum atomic E-state index is 10.8. The van der Waals surface area contributed by atoms with Gasteiger partial charge in [0.05, 0.1) is 13.2 Å². The first-order valence-electron chi connectivity index (χ1n) is 5.24. The lowest BCUT2D eigenvalue weighted by Gasteiger charge is -2.05. The van der Waals surface area contributed by atoms with E-state index in [1.807, 2.05) is 11.8 Å². The highest BCUT2D eigenvalue weighted by Crippen LogP contribution is 1.92.